The van der Waals surface area contributed by atoms with Crippen LogP contribution in [0.3, 0.4) is 0 Å². The quantitative estimate of drug-likeness (QED) is 0.705. The second-order valence-electron chi connectivity index (χ2n) is 4.28. The summed E-state index contributed by atoms with van der Waals surface area (Å²) in [5, 5.41) is 0. The van der Waals surface area contributed by atoms with Crippen molar-refractivity contribution >= 4 is 5.71 Å². The van der Waals surface area contributed by atoms with Gasteiger partial charge < -0.3 is 0 Å². The molecule has 80 valence electrons. The zero-order valence-electron chi connectivity index (χ0n) is 9.45. The fourth-order valence-electron chi connectivity index (χ4n) is 2.14. The molecule has 0 bridgehead atoms. The number of rotatable bonds is 4. The van der Waals surface area contributed by atoms with Crippen LogP contribution in [-0.2, 0) is 6.42 Å². The minimum Gasteiger partial charge on any atom is -0.291 e. The Morgan fingerprint density at radius 3 is 2.67 bits per heavy atom. The van der Waals surface area contributed by atoms with Crippen molar-refractivity contribution in [3.05, 3.63) is 35.9 Å². The van der Waals surface area contributed by atoms with Crippen molar-refractivity contribution in [2.45, 2.75) is 45.1 Å². The normalized spacial score (nSPS) is 20.3. The smallest absolute Gasteiger partial charge is 0.0500 e. The van der Waals surface area contributed by atoms with Crippen molar-refractivity contribution in [1.29, 1.82) is 0 Å². The Morgan fingerprint density at radius 2 is 2.00 bits per heavy atom. The van der Waals surface area contributed by atoms with Gasteiger partial charge in [-0.3, -0.25) is 4.99 Å². The van der Waals surface area contributed by atoms with Crippen molar-refractivity contribution in [3.63, 3.8) is 0 Å². The fourth-order valence-corrected chi connectivity index (χ4v) is 2.14. The lowest BCUT2D eigenvalue weighted by Gasteiger charge is -2.00. The summed E-state index contributed by atoms with van der Waals surface area (Å²) in [7, 11) is 0. The van der Waals surface area contributed by atoms with E-state index in [1.165, 1.54) is 30.5 Å². The van der Waals surface area contributed by atoms with Crippen LogP contribution in [0.25, 0.3) is 0 Å². The highest BCUT2D eigenvalue weighted by atomic mass is 14.8. The Kier molecular flexibility index (Phi) is 3.54. The molecule has 15 heavy (non-hydrogen) atoms. The summed E-state index contributed by atoms with van der Waals surface area (Å²) in [4.78, 5) is 4.74. The maximum absolute atomic E-state index is 4.74. The molecular weight excluding hydrogens is 182 g/mol. The van der Waals surface area contributed by atoms with Gasteiger partial charge in [0, 0.05) is 11.8 Å². The third-order valence-corrected chi connectivity index (χ3v) is 3.15. The van der Waals surface area contributed by atoms with E-state index in [4.69, 9.17) is 4.99 Å². The van der Waals surface area contributed by atoms with Crippen LogP contribution < -0.4 is 0 Å². The molecule has 0 saturated heterocycles. The van der Waals surface area contributed by atoms with Gasteiger partial charge in [0.05, 0.1) is 0 Å². The molecule has 1 heteroatoms. The van der Waals surface area contributed by atoms with Gasteiger partial charge in [0.25, 0.3) is 0 Å². The largest absolute Gasteiger partial charge is 0.291 e. The van der Waals surface area contributed by atoms with E-state index in [9.17, 15) is 0 Å². The highest BCUT2D eigenvalue weighted by Crippen LogP contribution is 2.18. The second kappa shape index (κ2) is 5.11. The van der Waals surface area contributed by atoms with Gasteiger partial charge in [-0.25, -0.2) is 0 Å². The van der Waals surface area contributed by atoms with Gasteiger partial charge in [-0.1, -0.05) is 37.3 Å². The lowest BCUT2D eigenvalue weighted by atomic mass is 10.1. The average molecular weight is 201 g/mol. The molecule has 1 unspecified atom stereocenters. The molecule has 0 fully saturated rings. The zero-order chi connectivity index (χ0) is 10.5. The van der Waals surface area contributed by atoms with Crippen LogP contribution >= 0.6 is 0 Å². The molecule has 1 aliphatic rings. The summed E-state index contributed by atoms with van der Waals surface area (Å²) in [6.45, 7) is 2.23. The number of aryl methyl sites for hydroxylation is 1. The van der Waals surface area contributed by atoms with Gasteiger partial charge in [0.1, 0.15) is 0 Å². The summed E-state index contributed by atoms with van der Waals surface area (Å²) in [6.07, 6.45) is 6.01. The van der Waals surface area contributed by atoms with Crippen LogP contribution in [0.15, 0.2) is 35.3 Å². The van der Waals surface area contributed by atoms with Gasteiger partial charge in [0.15, 0.2) is 0 Å². The molecule has 0 aliphatic carbocycles. The molecule has 0 amide bonds. The number of aliphatic imine (C=N–C) groups is 1. The highest BCUT2D eigenvalue weighted by Gasteiger charge is 2.14. The Bertz CT molecular complexity index is 326. The maximum Gasteiger partial charge on any atom is 0.0500 e. The van der Waals surface area contributed by atoms with E-state index >= 15 is 0 Å². The van der Waals surface area contributed by atoms with Crippen LogP contribution in [0.4, 0.5) is 0 Å². The Morgan fingerprint density at radius 1 is 1.20 bits per heavy atom. The molecule has 1 atom stereocenters. The summed E-state index contributed by atoms with van der Waals surface area (Å²) in [5.74, 6) is 0. The molecule has 0 spiro atoms. The van der Waals surface area contributed by atoms with E-state index in [-0.39, 0.29) is 0 Å². The van der Waals surface area contributed by atoms with Gasteiger partial charge >= 0.3 is 0 Å². The van der Waals surface area contributed by atoms with E-state index in [1.807, 2.05) is 0 Å². The van der Waals surface area contributed by atoms with Gasteiger partial charge in [-0.2, -0.15) is 0 Å². The van der Waals surface area contributed by atoms with E-state index < -0.39 is 0 Å². The topological polar surface area (TPSA) is 12.4 Å². The molecule has 1 nitrogen and oxygen atoms in total. The van der Waals surface area contributed by atoms with Crippen LogP contribution in [-0.4, -0.2) is 11.8 Å². The number of benzene rings is 1. The highest BCUT2D eigenvalue weighted by molar-refractivity contribution is 5.86. The van der Waals surface area contributed by atoms with Crippen molar-refractivity contribution < 1.29 is 0 Å². The minimum absolute atomic E-state index is 0.621. The molecule has 1 aromatic carbocycles. The van der Waals surface area contributed by atoms with Gasteiger partial charge in [-0.05, 0) is 37.7 Å². The molecule has 0 N–H and O–H groups in total. The molecule has 0 aromatic heterocycles. The first-order valence-corrected chi connectivity index (χ1v) is 5.98. The standard InChI is InChI=1S/C14H19N/c1-2-13-10-11-14(15-13)9-8-12-6-4-3-5-7-12/h3-7,13H,2,8-11H2,1H3. The van der Waals surface area contributed by atoms with E-state index in [2.05, 4.69) is 37.3 Å². The van der Waals surface area contributed by atoms with Gasteiger partial charge in [0.2, 0.25) is 0 Å². The SMILES string of the molecule is CCC1CCC(CCc2ccccc2)=N1. The molecular formula is C14H19N. The number of hydrogen-bond donors (Lipinski definition) is 0. The Balaban J connectivity index is 1.84. The summed E-state index contributed by atoms with van der Waals surface area (Å²) in [6, 6.07) is 11.3. The second-order valence-corrected chi connectivity index (χ2v) is 4.28. The van der Waals surface area contributed by atoms with Crippen molar-refractivity contribution in [3.8, 4) is 0 Å². The van der Waals surface area contributed by atoms with Crippen LogP contribution in [0.1, 0.15) is 38.2 Å². The molecule has 1 aromatic rings. The molecule has 0 saturated carbocycles. The van der Waals surface area contributed by atoms with E-state index in [0.29, 0.717) is 6.04 Å². The summed E-state index contributed by atoms with van der Waals surface area (Å²) in [5.41, 5.74) is 2.87. The Hall–Kier alpha value is -1.11. The monoisotopic (exact) mass is 201 g/mol. The first kappa shape index (κ1) is 10.4. The fraction of sp³-hybridized carbons (Fsp3) is 0.500. The zero-order valence-corrected chi connectivity index (χ0v) is 9.45. The molecule has 2 rings (SSSR count). The van der Waals surface area contributed by atoms with Crippen molar-refractivity contribution in [2.24, 2.45) is 4.99 Å². The number of nitrogens with zero attached hydrogens (tertiary/aromatic N) is 1. The van der Waals surface area contributed by atoms with E-state index in [1.54, 1.807) is 0 Å². The average Bonchev–Trinajstić information content (AvgIpc) is 2.76. The van der Waals surface area contributed by atoms with Crippen LogP contribution in [0.2, 0.25) is 0 Å². The van der Waals surface area contributed by atoms with Crippen molar-refractivity contribution in [1.82, 2.24) is 0 Å². The van der Waals surface area contributed by atoms with Crippen LogP contribution in [0, 0.1) is 0 Å². The third kappa shape index (κ3) is 2.92. The first-order chi connectivity index (χ1) is 7.38. The maximum atomic E-state index is 4.74. The predicted octanol–water partition coefficient (Wildman–Crippen LogP) is 3.63. The minimum atomic E-state index is 0.621. The molecule has 0 radical (unpaired) electrons. The molecule has 1 aliphatic heterocycles. The molecule has 1 heterocycles. The first-order valence-electron chi connectivity index (χ1n) is 5.98. The predicted molar refractivity (Wildman–Crippen MR) is 65.5 cm³/mol. The number of hydrogen-bond acceptors (Lipinski definition) is 1. The lowest BCUT2D eigenvalue weighted by Crippen LogP contribution is -1.96. The van der Waals surface area contributed by atoms with Crippen molar-refractivity contribution in [2.75, 3.05) is 0 Å². The summed E-state index contributed by atoms with van der Waals surface area (Å²) >= 11 is 0. The Labute approximate surface area is 92.2 Å². The van der Waals surface area contributed by atoms with Crippen LogP contribution in [0.5, 0.6) is 0 Å². The summed E-state index contributed by atoms with van der Waals surface area (Å²) < 4.78 is 0. The van der Waals surface area contributed by atoms with Gasteiger partial charge in [-0.15, -0.1) is 0 Å². The van der Waals surface area contributed by atoms with E-state index in [0.717, 1.165) is 12.8 Å². The lowest BCUT2D eigenvalue weighted by molar-refractivity contribution is 0.649. The third-order valence-electron chi connectivity index (χ3n) is 3.15.